The van der Waals surface area contributed by atoms with E-state index in [1.54, 1.807) is 4.90 Å². The van der Waals surface area contributed by atoms with Gasteiger partial charge >= 0.3 is 0 Å². The SMILES string of the molecule is CC[C@H]1Oc2ccc(C)cc2N(CC(=O)NCCCN2CCN(Cc3ccccc3)CC2)C1=O. The van der Waals surface area contributed by atoms with Gasteiger partial charge in [0.05, 0.1) is 5.69 Å². The maximum absolute atomic E-state index is 12.9. The van der Waals surface area contributed by atoms with Crippen molar-refractivity contribution in [2.75, 3.05) is 50.7 Å². The van der Waals surface area contributed by atoms with Gasteiger partial charge in [0.25, 0.3) is 5.91 Å². The summed E-state index contributed by atoms with van der Waals surface area (Å²) in [5, 5.41) is 3.00. The summed E-state index contributed by atoms with van der Waals surface area (Å²) in [4.78, 5) is 32.0. The molecule has 1 saturated heterocycles. The van der Waals surface area contributed by atoms with Gasteiger partial charge in [-0.3, -0.25) is 19.4 Å². The largest absolute Gasteiger partial charge is 0.478 e. The summed E-state index contributed by atoms with van der Waals surface area (Å²) < 4.78 is 5.83. The predicted octanol–water partition coefficient (Wildman–Crippen LogP) is 2.82. The molecule has 2 aromatic rings. The zero-order valence-electron chi connectivity index (χ0n) is 20.3. The number of benzene rings is 2. The van der Waals surface area contributed by atoms with Gasteiger partial charge in [-0.15, -0.1) is 0 Å². The molecule has 0 aromatic heterocycles. The molecule has 0 bridgehead atoms. The summed E-state index contributed by atoms with van der Waals surface area (Å²) in [5.41, 5.74) is 3.07. The molecule has 0 saturated carbocycles. The van der Waals surface area contributed by atoms with Gasteiger partial charge in [0, 0.05) is 39.3 Å². The molecule has 2 aliphatic rings. The highest BCUT2D eigenvalue weighted by Crippen LogP contribution is 2.35. The highest BCUT2D eigenvalue weighted by atomic mass is 16.5. The number of anilines is 1. The molecule has 7 heteroatoms. The van der Waals surface area contributed by atoms with Crippen molar-refractivity contribution in [3.8, 4) is 5.75 Å². The van der Waals surface area contributed by atoms with Gasteiger partial charge in [-0.25, -0.2) is 0 Å². The van der Waals surface area contributed by atoms with Gasteiger partial charge in [0.2, 0.25) is 5.91 Å². The van der Waals surface area contributed by atoms with Crippen LogP contribution in [0.25, 0.3) is 0 Å². The Balaban J connectivity index is 1.19. The van der Waals surface area contributed by atoms with Crippen molar-refractivity contribution in [3.63, 3.8) is 0 Å². The molecule has 2 amide bonds. The molecule has 0 unspecified atom stereocenters. The van der Waals surface area contributed by atoms with Gasteiger partial charge in [-0.1, -0.05) is 43.3 Å². The Labute approximate surface area is 202 Å². The number of fused-ring (bicyclic) bond motifs is 1. The monoisotopic (exact) mass is 464 g/mol. The van der Waals surface area contributed by atoms with E-state index in [1.165, 1.54) is 5.56 Å². The van der Waals surface area contributed by atoms with Crippen molar-refractivity contribution in [3.05, 3.63) is 59.7 Å². The second-order valence-corrected chi connectivity index (χ2v) is 9.22. The molecule has 2 heterocycles. The predicted molar refractivity (Wildman–Crippen MR) is 134 cm³/mol. The zero-order valence-corrected chi connectivity index (χ0v) is 20.3. The second kappa shape index (κ2) is 11.5. The third-order valence-corrected chi connectivity index (χ3v) is 6.58. The van der Waals surface area contributed by atoms with Crippen LogP contribution < -0.4 is 15.0 Å². The van der Waals surface area contributed by atoms with Gasteiger partial charge in [0.15, 0.2) is 6.10 Å². The van der Waals surface area contributed by atoms with Gasteiger partial charge in [-0.2, -0.15) is 0 Å². The quantitative estimate of drug-likeness (QED) is 0.578. The molecule has 1 atom stereocenters. The Morgan fingerprint density at radius 3 is 2.53 bits per heavy atom. The van der Waals surface area contributed by atoms with Crippen LogP contribution in [0.4, 0.5) is 5.69 Å². The van der Waals surface area contributed by atoms with E-state index in [9.17, 15) is 9.59 Å². The van der Waals surface area contributed by atoms with Crippen LogP contribution in [-0.2, 0) is 16.1 Å². The molecule has 0 aliphatic carbocycles. The minimum atomic E-state index is -0.538. The molecule has 34 heavy (non-hydrogen) atoms. The number of piperazine rings is 1. The summed E-state index contributed by atoms with van der Waals surface area (Å²) in [7, 11) is 0. The van der Waals surface area contributed by atoms with Crippen LogP contribution in [0, 0.1) is 6.92 Å². The van der Waals surface area contributed by atoms with E-state index >= 15 is 0 Å². The van der Waals surface area contributed by atoms with Crippen molar-refractivity contribution in [2.45, 2.75) is 39.3 Å². The Bertz CT molecular complexity index is 973. The molecule has 7 nitrogen and oxygen atoms in total. The van der Waals surface area contributed by atoms with Crippen LogP contribution in [-0.4, -0.2) is 73.5 Å². The van der Waals surface area contributed by atoms with E-state index in [0.717, 1.165) is 51.3 Å². The summed E-state index contributed by atoms with van der Waals surface area (Å²) in [6, 6.07) is 16.4. The third-order valence-electron chi connectivity index (χ3n) is 6.58. The average molecular weight is 465 g/mol. The van der Waals surface area contributed by atoms with Gasteiger partial charge in [-0.05, 0) is 49.6 Å². The molecule has 1 fully saturated rings. The van der Waals surface area contributed by atoms with Crippen LogP contribution in [0.3, 0.4) is 0 Å². The smallest absolute Gasteiger partial charge is 0.268 e. The number of hydrogen-bond acceptors (Lipinski definition) is 5. The second-order valence-electron chi connectivity index (χ2n) is 9.22. The lowest BCUT2D eigenvalue weighted by Crippen LogP contribution is -2.50. The third kappa shape index (κ3) is 6.15. The van der Waals surface area contributed by atoms with Crippen molar-refractivity contribution >= 4 is 17.5 Å². The first-order valence-corrected chi connectivity index (χ1v) is 12.4. The lowest BCUT2D eigenvalue weighted by molar-refractivity contribution is -0.129. The molecule has 0 spiro atoms. The number of carbonyl (C=O) groups excluding carboxylic acids is 2. The minimum absolute atomic E-state index is 0.0211. The van der Waals surface area contributed by atoms with Gasteiger partial charge in [0.1, 0.15) is 12.3 Å². The van der Waals surface area contributed by atoms with Crippen LogP contribution in [0.2, 0.25) is 0 Å². The van der Waals surface area contributed by atoms with E-state index in [4.69, 9.17) is 4.74 Å². The molecule has 182 valence electrons. The van der Waals surface area contributed by atoms with Crippen LogP contribution >= 0.6 is 0 Å². The first-order valence-electron chi connectivity index (χ1n) is 12.4. The fourth-order valence-electron chi connectivity index (χ4n) is 4.60. The van der Waals surface area contributed by atoms with Crippen molar-refractivity contribution in [1.82, 2.24) is 15.1 Å². The normalized spacial score (nSPS) is 18.9. The van der Waals surface area contributed by atoms with E-state index in [0.29, 0.717) is 24.4 Å². The van der Waals surface area contributed by atoms with Crippen LogP contribution in [0.5, 0.6) is 5.75 Å². The molecule has 2 aromatic carbocycles. The number of rotatable bonds is 9. The van der Waals surface area contributed by atoms with Gasteiger partial charge < -0.3 is 15.0 Å². The number of nitrogens with zero attached hydrogens (tertiary/aromatic N) is 3. The fraction of sp³-hybridized carbons (Fsp3) is 0.481. The summed E-state index contributed by atoms with van der Waals surface area (Å²) in [6.07, 6.45) is 0.932. The van der Waals surface area contributed by atoms with Crippen molar-refractivity contribution in [2.24, 2.45) is 0 Å². The van der Waals surface area contributed by atoms with E-state index in [-0.39, 0.29) is 18.4 Å². The maximum Gasteiger partial charge on any atom is 0.268 e. The Kier molecular flexibility index (Phi) is 8.19. The number of nitrogens with one attached hydrogen (secondary N) is 1. The molecule has 1 N–H and O–H groups in total. The Hall–Kier alpha value is -2.90. The number of carbonyl (C=O) groups is 2. The van der Waals surface area contributed by atoms with Crippen LogP contribution in [0.15, 0.2) is 48.5 Å². The number of ether oxygens (including phenoxy) is 1. The van der Waals surface area contributed by atoms with Crippen molar-refractivity contribution in [1.29, 1.82) is 0 Å². The Morgan fingerprint density at radius 1 is 1.06 bits per heavy atom. The first-order chi connectivity index (χ1) is 16.5. The van der Waals surface area contributed by atoms with Crippen molar-refractivity contribution < 1.29 is 14.3 Å². The highest BCUT2D eigenvalue weighted by Gasteiger charge is 2.34. The summed E-state index contributed by atoms with van der Waals surface area (Å²) >= 11 is 0. The number of amides is 2. The van der Waals surface area contributed by atoms with E-state index in [1.807, 2.05) is 32.0 Å². The topological polar surface area (TPSA) is 65.1 Å². The molecular formula is C27H36N4O3. The highest BCUT2D eigenvalue weighted by molar-refractivity contribution is 6.03. The van der Waals surface area contributed by atoms with Crippen LogP contribution in [0.1, 0.15) is 30.9 Å². The molecule has 2 aliphatic heterocycles. The minimum Gasteiger partial charge on any atom is -0.478 e. The zero-order chi connectivity index (χ0) is 23.9. The molecule has 4 rings (SSSR count). The molecule has 0 radical (unpaired) electrons. The molecular weight excluding hydrogens is 428 g/mol. The number of aryl methyl sites for hydroxylation is 1. The maximum atomic E-state index is 12.9. The van der Waals surface area contributed by atoms with E-state index in [2.05, 4.69) is 45.4 Å². The lowest BCUT2D eigenvalue weighted by atomic mass is 10.1. The fourth-order valence-corrected chi connectivity index (χ4v) is 4.60. The average Bonchev–Trinajstić information content (AvgIpc) is 2.85. The summed E-state index contributed by atoms with van der Waals surface area (Å²) in [6.45, 7) is 10.7. The Morgan fingerprint density at radius 2 is 1.79 bits per heavy atom. The van der Waals surface area contributed by atoms with E-state index < -0.39 is 6.10 Å². The number of hydrogen-bond donors (Lipinski definition) is 1. The standard InChI is InChI=1S/C27H36N4O3/c1-3-24-27(33)31(23-18-21(2)10-11-25(23)34-24)20-26(32)28-12-7-13-29-14-16-30(17-15-29)19-22-8-5-4-6-9-22/h4-6,8-11,18,24H,3,7,12-17,19-20H2,1-2H3,(H,28,32)/t24-/m1/s1. The first kappa shape index (κ1) is 24.2. The summed E-state index contributed by atoms with van der Waals surface area (Å²) in [5.74, 6) is 0.380. The lowest BCUT2D eigenvalue weighted by Gasteiger charge is -2.35.